The molecule has 0 amide bonds. The predicted molar refractivity (Wildman–Crippen MR) is 78.2 cm³/mol. The van der Waals surface area contributed by atoms with Crippen molar-refractivity contribution >= 4 is 12.1 Å². The van der Waals surface area contributed by atoms with E-state index in [1.54, 1.807) is 0 Å². The van der Waals surface area contributed by atoms with Crippen molar-refractivity contribution < 1.29 is 16.8 Å². The molecule has 0 fully saturated rings. The van der Waals surface area contributed by atoms with Gasteiger partial charge in [0.2, 0.25) is 0 Å². The molecule has 0 N–H and O–H groups in total. The third-order valence-corrected chi connectivity index (χ3v) is 6.93. The van der Waals surface area contributed by atoms with Crippen LogP contribution in [0, 0.1) is 0 Å². The fourth-order valence-electron chi connectivity index (χ4n) is 1.84. The van der Waals surface area contributed by atoms with Gasteiger partial charge in [0.25, 0.3) is 0 Å². The molecule has 0 radical (unpaired) electrons. The van der Waals surface area contributed by atoms with Gasteiger partial charge >= 0.3 is 120 Å². The zero-order chi connectivity index (χ0) is 12.9. The van der Waals surface area contributed by atoms with Crippen molar-refractivity contribution in [2.24, 2.45) is 0 Å². The molecular formula is C18H15Pd-3. The minimum absolute atomic E-state index is 1.05. The molecule has 0 aromatic heterocycles. The van der Waals surface area contributed by atoms with Crippen molar-refractivity contribution in [2.45, 2.75) is 0 Å². The summed E-state index contributed by atoms with van der Waals surface area (Å²) >= 11 is -1.05. The first-order chi connectivity index (χ1) is 9.45. The van der Waals surface area contributed by atoms with Gasteiger partial charge in [-0.05, 0) is 0 Å². The van der Waals surface area contributed by atoms with E-state index in [-0.39, 0.29) is 0 Å². The molecule has 0 nitrogen and oxygen atoms in total. The van der Waals surface area contributed by atoms with Crippen molar-refractivity contribution in [3.8, 4) is 0 Å². The second-order valence-electron chi connectivity index (χ2n) is 4.02. The summed E-state index contributed by atoms with van der Waals surface area (Å²) in [5.74, 6) is 0. The third-order valence-electron chi connectivity index (χ3n) is 2.69. The number of benzene rings is 3. The van der Waals surface area contributed by atoms with Gasteiger partial charge in [-0.1, -0.05) is 0 Å². The Morgan fingerprint density at radius 2 is 0.632 bits per heavy atom. The molecule has 0 aliphatic heterocycles. The quantitative estimate of drug-likeness (QED) is 0.645. The Balaban J connectivity index is 2.12. The van der Waals surface area contributed by atoms with E-state index in [2.05, 4.69) is 91.0 Å². The van der Waals surface area contributed by atoms with Gasteiger partial charge in [0.1, 0.15) is 0 Å². The van der Waals surface area contributed by atoms with E-state index in [4.69, 9.17) is 0 Å². The molecule has 0 spiro atoms. The summed E-state index contributed by atoms with van der Waals surface area (Å²) in [7, 11) is 0. The van der Waals surface area contributed by atoms with Crippen LogP contribution in [0.3, 0.4) is 0 Å². The zero-order valence-corrected chi connectivity index (χ0v) is 12.0. The van der Waals surface area contributed by atoms with Crippen molar-refractivity contribution in [1.29, 1.82) is 0 Å². The van der Waals surface area contributed by atoms with Crippen LogP contribution in [-0.2, 0) is 16.8 Å². The molecule has 0 unspecified atom stereocenters. The normalized spacial score (nSPS) is 11.1. The maximum absolute atomic E-state index is 2.25. The van der Waals surface area contributed by atoms with Crippen LogP contribution in [0.2, 0.25) is 0 Å². The van der Waals surface area contributed by atoms with Crippen LogP contribution in [-0.4, -0.2) is 0 Å². The van der Waals surface area contributed by atoms with Crippen molar-refractivity contribution in [1.82, 2.24) is 0 Å². The van der Waals surface area contributed by atoms with E-state index in [0.717, 1.165) is 0 Å². The topological polar surface area (TPSA) is 0 Å². The molecule has 0 saturated carbocycles. The van der Waals surface area contributed by atoms with Gasteiger partial charge in [-0.25, -0.2) is 0 Å². The summed E-state index contributed by atoms with van der Waals surface area (Å²) in [5.41, 5.74) is 0. The molecule has 100 valence electrons. The zero-order valence-electron chi connectivity index (χ0n) is 10.5. The standard InChI is InChI=1S/3C6H5.Pd/c3*1-2-4-6-5-3-1;/h3*1-5H;/q;;;-3. The van der Waals surface area contributed by atoms with Crippen LogP contribution in [0.25, 0.3) is 0 Å². The summed E-state index contributed by atoms with van der Waals surface area (Å²) in [6.07, 6.45) is 0. The van der Waals surface area contributed by atoms with Crippen LogP contribution >= 0.6 is 0 Å². The fourth-order valence-corrected chi connectivity index (χ4v) is 5.85. The first-order valence-corrected chi connectivity index (χ1v) is 8.54. The molecule has 0 aliphatic rings. The first-order valence-electron chi connectivity index (χ1n) is 6.21. The molecule has 0 atom stereocenters. The van der Waals surface area contributed by atoms with Crippen molar-refractivity contribution in [3.63, 3.8) is 0 Å². The van der Waals surface area contributed by atoms with Crippen LogP contribution in [0.15, 0.2) is 91.0 Å². The van der Waals surface area contributed by atoms with E-state index in [9.17, 15) is 0 Å². The summed E-state index contributed by atoms with van der Waals surface area (Å²) in [5, 5.41) is 0. The molecule has 0 bridgehead atoms. The van der Waals surface area contributed by atoms with Gasteiger partial charge < -0.3 is 0 Å². The second-order valence-corrected chi connectivity index (χ2v) is 7.88. The molecule has 3 rings (SSSR count). The minimum atomic E-state index is -1.05. The van der Waals surface area contributed by atoms with E-state index < -0.39 is 16.8 Å². The third kappa shape index (κ3) is 2.84. The Morgan fingerprint density at radius 1 is 0.368 bits per heavy atom. The first kappa shape index (κ1) is 12.4. The second kappa shape index (κ2) is 5.98. The Bertz CT molecular complexity index is 524. The average molecular weight is 338 g/mol. The van der Waals surface area contributed by atoms with E-state index in [1.807, 2.05) is 0 Å². The van der Waals surface area contributed by atoms with Crippen LogP contribution in [0.4, 0.5) is 0 Å². The number of rotatable bonds is 3. The monoisotopic (exact) mass is 337 g/mol. The Labute approximate surface area is 120 Å². The molecule has 0 heterocycles. The van der Waals surface area contributed by atoms with E-state index >= 15 is 0 Å². The van der Waals surface area contributed by atoms with Gasteiger partial charge in [0, 0.05) is 0 Å². The Hall–Kier alpha value is -1.68. The van der Waals surface area contributed by atoms with Gasteiger partial charge in [-0.3, -0.25) is 0 Å². The van der Waals surface area contributed by atoms with Crippen molar-refractivity contribution in [2.75, 3.05) is 0 Å². The molecule has 3 aromatic carbocycles. The average Bonchev–Trinajstić information content (AvgIpc) is 2.51. The van der Waals surface area contributed by atoms with E-state index in [1.165, 1.54) is 12.1 Å². The van der Waals surface area contributed by atoms with E-state index in [0.29, 0.717) is 0 Å². The van der Waals surface area contributed by atoms with Crippen LogP contribution in [0.1, 0.15) is 0 Å². The molecule has 0 aliphatic carbocycles. The molecule has 3 aromatic rings. The Kier molecular flexibility index (Phi) is 3.89. The summed E-state index contributed by atoms with van der Waals surface area (Å²) in [6, 6.07) is 32.6. The fraction of sp³-hybridized carbons (Fsp3) is 0. The Morgan fingerprint density at radius 3 is 0.895 bits per heavy atom. The number of hydrogen-bond acceptors (Lipinski definition) is 0. The molecule has 1 heteroatoms. The summed E-state index contributed by atoms with van der Waals surface area (Å²) in [6.45, 7) is 0. The van der Waals surface area contributed by atoms with Gasteiger partial charge in [0.05, 0.1) is 0 Å². The summed E-state index contributed by atoms with van der Waals surface area (Å²) in [4.78, 5) is 0. The predicted octanol–water partition coefficient (Wildman–Crippen LogP) is 2.58. The van der Waals surface area contributed by atoms with Gasteiger partial charge in [0.15, 0.2) is 0 Å². The maximum atomic E-state index is 2.25. The SMILES string of the molecule is c1cc[c]([Pd-3]([c]2ccccc2)[c]2ccccc2)cc1. The van der Waals surface area contributed by atoms with Crippen LogP contribution in [0.5, 0.6) is 0 Å². The molecular weight excluding hydrogens is 323 g/mol. The molecule has 0 saturated heterocycles. The molecule has 19 heavy (non-hydrogen) atoms. The van der Waals surface area contributed by atoms with Crippen molar-refractivity contribution in [3.05, 3.63) is 91.0 Å². The number of hydrogen-bond donors (Lipinski definition) is 0. The van der Waals surface area contributed by atoms with Gasteiger partial charge in [-0.15, -0.1) is 0 Å². The van der Waals surface area contributed by atoms with Crippen LogP contribution < -0.4 is 12.1 Å². The van der Waals surface area contributed by atoms with Gasteiger partial charge in [-0.2, -0.15) is 0 Å². The summed E-state index contributed by atoms with van der Waals surface area (Å²) < 4.78 is 4.35.